The van der Waals surface area contributed by atoms with Gasteiger partial charge in [-0.15, -0.1) is 13.2 Å². The zero-order chi connectivity index (χ0) is 21.2. The van der Waals surface area contributed by atoms with Gasteiger partial charge in [0.1, 0.15) is 0 Å². The Hall–Kier alpha value is -2.38. The summed E-state index contributed by atoms with van der Waals surface area (Å²) in [5.74, 6) is 5.37. The molecule has 2 heterocycles. The van der Waals surface area contributed by atoms with Gasteiger partial charge in [-0.05, 0) is 26.7 Å². The topological polar surface area (TPSA) is 89.3 Å². The summed E-state index contributed by atoms with van der Waals surface area (Å²) in [6.07, 6.45) is 3.77. The fourth-order valence-corrected chi connectivity index (χ4v) is 3.70. The number of nitrogens with zero attached hydrogens (tertiary/aromatic N) is 2. The van der Waals surface area contributed by atoms with Gasteiger partial charge in [-0.1, -0.05) is 13.8 Å². The van der Waals surface area contributed by atoms with Gasteiger partial charge in [0.05, 0.1) is 22.3 Å². The zero-order valence-corrected chi connectivity index (χ0v) is 17.3. The van der Waals surface area contributed by atoms with Crippen LogP contribution >= 0.6 is 0 Å². The van der Waals surface area contributed by atoms with Crippen LogP contribution in [0.5, 0.6) is 0 Å². The number of anilines is 2. The molecule has 1 aliphatic carbocycles. The van der Waals surface area contributed by atoms with Crippen molar-refractivity contribution in [2.24, 2.45) is 11.6 Å². The molecule has 0 atom stereocenters. The highest BCUT2D eigenvalue weighted by Crippen LogP contribution is 2.43. The van der Waals surface area contributed by atoms with E-state index in [0.717, 1.165) is 12.8 Å². The second-order valence-electron chi connectivity index (χ2n) is 6.98. The van der Waals surface area contributed by atoms with Crippen LogP contribution in [0.2, 0.25) is 0 Å². The van der Waals surface area contributed by atoms with Gasteiger partial charge in [0.25, 0.3) is 0 Å². The predicted molar refractivity (Wildman–Crippen MR) is 117 cm³/mol. The molecule has 2 fully saturated rings. The molecule has 6 nitrogen and oxygen atoms in total. The van der Waals surface area contributed by atoms with E-state index in [0.29, 0.717) is 46.5 Å². The van der Waals surface area contributed by atoms with E-state index in [1.54, 1.807) is 20.0 Å². The van der Waals surface area contributed by atoms with Gasteiger partial charge < -0.3 is 20.6 Å². The second-order valence-corrected chi connectivity index (χ2v) is 6.98. The van der Waals surface area contributed by atoms with E-state index in [4.69, 9.17) is 11.6 Å². The molecule has 1 aromatic heterocycles. The summed E-state index contributed by atoms with van der Waals surface area (Å²) in [5, 5.41) is 0.341. The molecule has 4 rings (SSSR count). The monoisotopic (exact) mass is 389 g/mol. The lowest BCUT2D eigenvalue weighted by atomic mass is 9.99. The highest BCUT2D eigenvalue weighted by atomic mass is 19.1. The lowest BCUT2D eigenvalue weighted by molar-refractivity contribution is 0.504. The molecular formula is C21H32FN5O. The summed E-state index contributed by atoms with van der Waals surface area (Å²) >= 11 is 0. The molecule has 7 heteroatoms. The van der Waals surface area contributed by atoms with E-state index in [1.807, 2.05) is 23.3 Å². The number of halogens is 1. The fraction of sp³-hybridized carbons (Fsp3) is 0.476. The Labute approximate surface area is 166 Å². The minimum absolute atomic E-state index is 0.0532. The highest BCUT2D eigenvalue weighted by Gasteiger charge is 2.33. The molecule has 0 spiro atoms. The van der Waals surface area contributed by atoms with Crippen molar-refractivity contribution in [3.8, 4) is 0 Å². The average Bonchev–Trinajstić information content (AvgIpc) is 3.52. The van der Waals surface area contributed by atoms with Crippen LogP contribution in [0.3, 0.4) is 0 Å². The van der Waals surface area contributed by atoms with Crippen LogP contribution in [0.4, 0.5) is 15.8 Å². The Kier molecular flexibility index (Phi) is 6.85. The first-order chi connectivity index (χ1) is 13.4. The smallest absolute Gasteiger partial charge is 0.194 e. The number of hydrogen-bond acceptors (Lipinski definition) is 5. The van der Waals surface area contributed by atoms with Gasteiger partial charge in [0.2, 0.25) is 0 Å². The van der Waals surface area contributed by atoms with Crippen LogP contribution in [-0.2, 0) is 0 Å². The van der Waals surface area contributed by atoms with E-state index >= 15 is 4.39 Å². The van der Waals surface area contributed by atoms with Crippen LogP contribution in [0.1, 0.15) is 43.9 Å². The fourth-order valence-electron chi connectivity index (χ4n) is 3.70. The first kappa shape index (κ1) is 21.9. The SMILES string of the molecule is C=C.CC.Cc1c(N2CC(N)C2)c(F)c2c(c1NN)c(=O)c(C)cn2C1CC1. The van der Waals surface area contributed by atoms with Gasteiger partial charge in [0.15, 0.2) is 11.2 Å². The molecule has 0 amide bonds. The molecule has 5 N–H and O–H groups in total. The summed E-state index contributed by atoms with van der Waals surface area (Å²) in [6.45, 7) is 14.8. The molecule has 2 aromatic rings. The van der Waals surface area contributed by atoms with Crippen molar-refractivity contribution < 1.29 is 4.39 Å². The maximum atomic E-state index is 15.5. The summed E-state index contributed by atoms with van der Waals surface area (Å²) in [4.78, 5) is 14.6. The zero-order valence-electron chi connectivity index (χ0n) is 17.3. The van der Waals surface area contributed by atoms with Crippen LogP contribution < -0.4 is 27.3 Å². The average molecular weight is 390 g/mol. The van der Waals surface area contributed by atoms with Crippen molar-refractivity contribution in [1.82, 2.24) is 4.57 Å². The van der Waals surface area contributed by atoms with Crippen LogP contribution in [0.15, 0.2) is 24.1 Å². The van der Waals surface area contributed by atoms with Crippen LogP contribution in [0, 0.1) is 19.7 Å². The number of rotatable bonds is 3. The quantitative estimate of drug-likeness (QED) is 0.426. The lowest BCUT2D eigenvalue weighted by Crippen LogP contribution is -2.56. The third-order valence-corrected chi connectivity index (χ3v) is 5.12. The summed E-state index contributed by atoms with van der Waals surface area (Å²) in [7, 11) is 0. The number of nitrogens with two attached hydrogens (primary N) is 2. The maximum absolute atomic E-state index is 15.5. The molecule has 1 aliphatic heterocycles. The Morgan fingerprint density at radius 1 is 1.21 bits per heavy atom. The number of nitrogens with one attached hydrogen (secondary N) is 1. The Bertz CT molecular complexity index is 914. The lowest BCUT2D eigenvalue weighted by Gasteiger charge is -2.40. The number of aromatic nitrogens is 1. The molecule has 0 radical (unpaired) electrons. The predicted octanol–water partition coefficient (Wildman–Crippen LogP) is 3.35. The molecule has 2 aliphatic rings. The van der Waals surface area contributed by atoms with Crippen molar-refractivity contribution in [2.45, 2.75) is 52.6 Å². The molecule has 28 heavy (non-hydrogen) atoms. The first-order valence-electron chi connectivity index (χ1n) is 9.78. The largest absolute Gasteiger partial charge is 0.366 e. The third kappa shape index (κ3) is 3.52. The summed E-state index contributed by atoms with van der Waals surface area (Å²) in [5.41, 5.74) is 10.9. The molecule has 1 aromatic carbocycles. The molecule has 0 unspecified atom stereocenters. The number of aryl methyl sites for hydroxylation is 1. The van der Waals surface area contributed by atoms with Crippen molar-refractivity contribution in [2.75, 3.05) is 23.4 Å². The first-order valence-corrected chi connectivity index (χ1v) is 9.78. The van der Waals surface area contributed by atoms with Gasteiger partial charge in [0, 0.05) is 42.5 Å². The number of benzene rings is 1. The van der Waals surface area contributed by atoms with Crippen LogP contribution in [-0.4, -0.2) is 23.7 Å². The summed E-state index contributed by atoms with van der Waals surface area (Å²) in [6, 6.07) is 0.304. The van der Waals surface area contributed by atoms with E-state index in [2.05, 4.69) is 18.6 Å². The number of hydrazine groups is 1. The molecule has 1 saturated carbocycles. The number of pyridine rings is 1. The van der Waals surface area contributed by atoms with E-state index < -0.39 is 0 Å². The minimum Gasteiger partial charge on any atom is -0.366 e. The third-order valence-electron chi connectivity index (χ3n) is 5.12. The molecule has 154 valence electrons. The van der Waals surface area contributed by atoms with Gasteiger partial charge in [-0.3, -0.25) is 10.6 Å². The summed E-state index contributed by atoms with van der Waals surface area (Å²) < 4.78 is 17.4. The van der Waals surface area contributed by atoms with Crippen molar-refractivity contribution in [3.63, 3.8) is 0 Å². The van der Waals surface area contributed by atoms with E-state index in [1.165, 1.54) is 0 Å². The Balaban J connectivity index is 0.000000660. The van der Waals surface area contributed by atoms with Gasteiger partial charge >= 0.3 is 0 Å². The van der Waals surface area contributed by atoms with Crippen molar-refractivity contribution >= 4 is 22.3 Å². The van der Waals surface area contributed by atoms with Crippen LogP contribution in [0.25, 0.3) is 10.9 Å². The maximum Gasteiger partial charge on any atom is 0.194 e. The van der Waals surface area contributed by atoms with Crippen molar-refractivity contribution in [3.05, 3.63) is 46.5 Å². The number of nitrogen functional groups attached to an aromatic ring is 1. The van der Waals surface area contributed by atoms with Crippen molar-refractivity contribution in [1.29, 1.82) is 0 Å². The van der Waals surface area contributed by atoms with E-state index in [9.17, 15) is 4.79 Å². The second kappa shape index (κ2) is 8.75. The normalized spacial score (nSPS) is 15.9. The van der Waals surface area contributed by atoms with E-state index in [-0.39, 0.29) is 23.3 Å². The molecule has 1 saturated heterocycles. The standard InChI is InChI=1S/C17H22FN5O.C2H6.C2H4/c1-8-5-23(11-3-4-11)16-12(17(8)24)14(21-20)9(2)15(13(16)18)22-6-10(19)7-22;2*1-2/h5,10-11,21H,3-4,6-7,19-20H2,1-2H3;1-2H3;1-2H2. The highest BCUT2D eigenvalue weighted by molar-refractivity contribution is 5.98. The Morgan fingerprint density at radius 2 is 1.79 bits per heavy atom. The molecule has 0 bridgehead atoms. The Morgan fingerprint density at radius 3 is 2.25 bits per heavy atom. The molecular weight excluding hydrogens is 357 g/mol. The van der Waals surface area contributed by atoms with Gasteiger partial charge in [-0.25, -0.2) is 4.39 Å². The number of fused-ring (bicyclic) bond motifs is 1. The minimum atomic E-state index is -0.350. The number of hydrogen-bond donors (Lipinski definition) is 3. The van der Waals surface area contributed by atoms with Gasteiger partial charge in [-0.2, -0.15) is 0 Å².